The van der Waals surface area contributed by atoms with Gasteiger partial charge in [-0.2, -0.15) is 0 Å². The Morgan fingerprint density at radius 3 is 2.76 bits per heavy atom. The van der Waals surface area contributed by atoms with Crippen LogP contribution in [-0.2, 0) is 0 Å². The molecule has 3 nitrogen and oxygen atoms in total. The summed E-state index contributed by atoms with van der Waals surface area (Å²) in [5.41, 5.74) is 8.04. The second-order valence-electron chi connectivity index (χ2n) is 3.76. The number of hydrogen-bond donors (Lipinski definition) is 2. The van der Waals surface area contributed by atoms with E-state index in [2.05, 4.69) is 4.98 Å². The summed E-state index contributed by atoms with van der Waals surface area (Å²) >= 11 is 1.55. The van der Waals surface area contributed by atoms with E-state index in [0.717, 1.165) is 20.8 Å². The highest BCUT2D eigenvalue weighted by Gasteiger charge is 2.09. The Labute approximate surface area is 102 Å². The predicted octanol–water partition coefficient (Wildman–Crippen LogP) is 3.25. The summed E-state index contributed by atoms with van der Waals surface area (Å²) in [5, 5.41) is 10.6. The Kier molecular flexibility index (Phi) is 2.23. The average Bonchev–Trinajstić information content (AvgIpc) is 2.72. The third-order valence-corrected chi connectivity index (χ3v) is 3.62. The fourth-order valence-electron chi connectivity index (χ4n) is 1.71. The number of nitrogens with zero attached hydrogens (tertiary/aromatic N) is 1. The van der Waals surface area contributed by atoms with Gasteiger partial charge >= 0.3 is 0 Å². The Hall–Kier alpha value is -2.07. The number of hydrogen-bond acceptors (Lipinski definition) is 4. The standard InChI is InChI=1S/C13H10N2OS/c14-8-5-6-12-10(7-8)15-13(17-12)9-3-1-2-4-11(9)16/h1-7,16H,14H2. The number of nitrogens with two attached hydrogens (primary N) is 1. The quantitative estimate of drug-likeness (QED) is 0.644. The summed E-state index contributed by atoms with van der Waals surface area (Å²) in [6, 6.07) is 12.8. The molecule has 84 valence electrons. The van der Waals surface area contributed by atoms with Crippen LogP contribution in [-0.4, -0.2) is 10.1 Å². The number of phenolic OH excluding ortho intramolecular Hbond substituents is 1. The zero-order valence-electron chi connectivity index (χ0n) is 8.92. The van der Waals surface area contributed by atoms with Crippen molar-refractivity contribution in [3.8, 4) is 16.3 Å². The number of rotatable bonds is 1. The van der Waals surface area contributed by atoms with Crippen LogP contribution >= 0.6 is 11.3 Å². The number of aromatic nitrogens is 1. The summed E-state index contributed by atoms with van der Waals surface area (Å²) in [5.74, 6) is 0.250. The number of anilines is 1. The van der Waals surface area contributed by atoms with Crippen molar-refractivity contribution in [3.05, 3.63) is 42.5 Å². The lowest BCUT2D eigenvalue weighted by Crippen LogP contribution is -1.82. The smallest absolute Gasteiger partial charge is 0.128 e. The van der Waals surface area contributed by atoms with E-state index < -0.39 is 0 Å². The van der Waals surface area contributed by atoms with Gasteiger partial charge in [0.15, 0.2) is 0 Å². The highest BCUT2D eigenvalue weighted by molar-refractivity contribution is 7.21. The third kappa shape index (κ3) is 1.72. The number of thiazole rings is 1. The molecule has 0 saturated carbocycles. The van der Waals surface area contributed by atoms with E-state index in [1.54, 1.807) is 23.5 Å². The number of aromatic hydroxyl groups is 1. The second kappa shape index (κ2) is 3.75. The Bertz CT molecular complexity index is 691. The summed E-state index contributed by atoms with van der Waals surface area (Å²) in [6.07, 6.45) is 0. The first kappa shape index (κ1) is 10.1. The molecule has 1 aromatic heterocycles. The lowest BCUT2D eigenvalue weighted by molar-refractivity contribution is 0.477. The molecule has 0 spiro atoms. The SMILES string of the molecule is Nc1ccc2sc(-c3ccccc3O)nc2c1. The molecule has 0 bridgehead atoms. The number of nitrogen functional groups attached to an aromatic ring is 1. The van der Waals surface area contributed by atoms with Gasteiger partial charge in [-0.1, -0.05) is 12.1 Å². The molecule has 0 radical (unpaired) electrons. The van der Waals surface area contributed by atoms with E-state index >= 15 is 0 Å². The summed E-state index contributed by atoms with van der Waals surface area (Å²) < 4.78 is 1.07. The number of benzene rings is 2. The van der Waals surface area contributed by atoms with Crippen LogP contribution in [0.25, 0.3) is 20.8 Å². The van der Waals surface area contributed by atoms with Crippen molar-refractivity contribution in [2.24, 2.45) is 0 Å². The van der Waals surface area contributed by atoms with Crippen molar-refractivity contribution in [3.63, 3.8) is 0 Å². The molecule has 1 heterocycles. The van der Waals surface area contributed by atoms with Gasteiger partial charge in [-0.05, 0) is 30.3 Å². The maximum Gasteiger partial charge on any atom is 0.128 e. The third-order valence-electron chi connectivity index (χ3n) is 2.55. The van der Waals surface area contributed by atoms with E-state index in [-0.39, 0.29) is 5.75 Å². The topological polar surface area (TPSA) is 59.1 Å². The van der Waals surface area contributed by atoms with Crippen LogP contribution in [0, 0.1) is 0 Å². The molecule has 0 aliphatic carbocycles. The molecule has 0 saturated heterocycles. The molecule has 0 atom stereocenters. The van der Waals surface area contributed by atoms with Gasteiger partial charge in [0, 0.05) is 5.69 Å². The Morgan fingerprint density at radius 1 is 1.12 bits per heavy atom. The number of para-hydroxylation sites is 1. The molecule has 3 N–H and O–H groups in total. The molecule has 4 heteroatoms. The zero-order valence-corrected chi connectivity index (χ0v) is 9.74. The summed E-state index contributed by atoms with van der Waals surface area (Å²) in [4.78, 5) is 4.48. The van der Waals surface area contributed by atoms with Crippen molar-refractivity contribution in [1.29, 1.82) is 0 Å². The molecular weight excluding hydrogens is 232 g/mol. The number of phenols is 1. The van der Waals surface area contributed by atoms with Crippen LogP contribution in [0.3, 0.4) is 0 Å². The summed E-state index contributed by atoms with van der Waals surface area (Å²) in [6.45, 7) is 0. The molecule has 0 unspecified atom stereocenters. The van der Waals surface area contributed by atoms with Crippen molar-refractivity contribution in [2.45, 2.75) is 0 Å². The van der Waals surface area contributed by atoms with Gasteiger partial charge < -0.3 is 10.8 Å². The maximum atomic E-state index is 9.79. The largest absolute Gasteiger partial charge is 0.507 e. The van der Waals surface area contributed by atoms with Gasteiger partial charge in [0.1, 0.15) is 10.8 Å². The van der Waals surface area contributed by atoms with Gasteiger partial charge in [-0.15, -0.1) is 11.3 Å². The molecule has 0 fully saturated rings. The first-order chi connectivity index (χ1) is 8.24. The molecule has 0 amide bonds. The minimum Gasteiger partial charge on any atom is -0.507 e. The molecular formula is C13H10N2OS. The fraction of sp³-hybridized carbons (Fsp3) is 0. The van der Waals surface area contributed by atoms with Crippen LogP contribution in [0.1, 0.15) is 0 Å². The lowest BCUT2D eigenvalue weighted by Gasteiger charge is -1.98. The summed E-state index contributed by atoms with van der Waals surface area (Å²) in [7, 11) is 0. The van der Waals surface area contributed by atoms with Crippen LogP contribution in [0.4, 0.5) is 5.69 Å². The van der Waals surface area contributed by atoms with E-state index in [9.17, 15) is 5.11 Å². The van der Waals surface area contributed by atoms with E-state index in [4.69, 9.17) is 5.73 Å². The normalized spacial score (nSPS) is 10.8. The van der Waals surface area contributed by atoms with Gasteiger partial charge in [0.25, 0.3) is 0 Å². The first-order valence-electron chi connectivity index (χ1n) is 5.18. The van der Waals surface area contributed by atoms with Crippen molar-refractivity contribution in [2.75, 3.05) is 5.73 Å². The van der Waals surface area contributed by atoms with Gasteiger partial charge in [0.2, 0.25) is 0 Å². The monoisotopic (exact) mass is 242 g/mol. The van der Waals surface area contributed by atoms with Crippen molar-refractivity contribution >= 4 is 27.2 Å². The van der Waals surface area contributed by atoms with Crippen LogP contribution < -0.4 is 5.73 Å². The molecule has 0 aliphatic heterocycles. The first-order valence-corrected chi connectivity index (χ1v) is 6.00. The predicted molar refractivity (Wildman–Crippen MR) is 71.1 cm³/mol. The van der Waals surface area contributed by atoms with Crippen molar-refractivity contribution in [1.82, 2.24) is 4.98 Å². The molecule has 3 rings (SSSR count). The van der Waals surface area contributed by atoms with Gasteiger partial charge in [-0.3, -0.25) is 0 Å². The minimum atomic E-state index is 0.250. The fourth-order valence-corrected chi connectivity index (χ4v) is 2.69. The van der Waals surface area contributed by atoms with Crippen molar-refractivity contribution < 1.29 is 5.11 Å². The van der Waals surface area contributed by atoms with Gasteiger partial charge in [0.05, 0.1) is 15.8 Å². The lowest BCUT2D eigenvalue weighted by atomic mass is 10.2. The molecule has 0 aliphatic rings. The molecule has 3 aromatic rings. The van der Waals surface area contributed by atoms with E-state index in [0.29, 0.717) is 5.69 Å². The Morgan fingerprint density at radius 2 is 1.94 bits per heavy atom. The Balaban J connectivity index is 2.22. The van der Waals surface area contributed by atoms with E-state index in [1.165, 1.54) is 0 Å². The highest BCUT2D eigenvalue weighted by Crippen LogP contribution is 2.35. The van der Waals surface area contributed by atoms with E-state index in [1.807, 2.05) is 30.3 Å². The molecule has 2 aromatic carbocycles. The zero-order chi connectivity index (χ0) is 11.8. The van der Waals surface area contributed by atoms with Crippen LogP contribution in [0.5, 0.6) is 5.75 Å². The average molecular weight is 242 g/mol. The minimum absolute atomic E-state index is 0.250. The highest BCUT2D eigenvalue weighted by atomic mass is 32.1. The maximum absolute atomic E-state index is 9.79. The van der Waals surface area contributed by atoms with Crippen LogP contribution in [0.2, 0.25) is 0 Å². The molecule has 17 heavy (non-hydrogen) atoms. The second-order valence-corrected chi connectivity index (χ2v) is 4.79. The van der Waals surface area contributed by atoms with Gasteiger partial charge in [-0.25, -0.2) is 4.98 Å². The number of fused-ring (bicyclic) bond motifs is 1. The van der Waals surface area contributed by atoms with Crippen LogP contribution in [0.15, 0.2) is 42.5 Å².